The zero-order chi connectivity index (χ0) is 15.7. The number of nitriles is 1. The molecule has 0 aromatic heterocycles. The number of hydrogen-bond donors (Lipinski definition) is 1. The van der Waals surface area contributed by atoms with E-state index in [-0.39, 0.29) is 17.3 Å². The van der Waals surface area contributed by atoms with E-state index in [1.54, 1.807) is 12.1 Å². The molecule has 0 amide bonds. The molecule has 0 saturated heterocycles. The molecule has 0 aliphatic rings. The SMILES string of the molecule is CC(C)NCCCOCCS(=O)(=O)c1cccc(C#N)c1. The minimum absolute atomic E-state index is 0.0699. The van der Waals surface area contributed by atoms with Crippen molar-refractivity contribution in [3.63, 3.8) is 0 Å². The van der Waals surface area contributed by atoms with E-state index >= 15 is 0 Å². The van der Waals surface area contributed by atoms with Crippen LogP contribution in [0.15, 0.2) is 29.2 Å². The molecular weight excluding hydrogens is 288 g/mol. The van der Waals surface area contributed by atoms with Crippen LogP contribution >= 0.6 is 0 Å². The first-order valence-corrected chi connectivity index (χ1v) is 8.65. The van der Waals surface area contributed by atoms with Crippen LogP contribution in [0, 0.1) is 11.3 Å². The topological polar surface area (TPSA) is 79.2 Å². The van der Waals surface area contributed by atoms with Crippen molar-refractivity contribution < 1.29 is 13.2 Å². The summed E-state index contributed by atoms with van der Waals surface area (Å²) in [6.07, 6.45) is 0.849. The third kappa shape index (κ3) is 6.71. The lowest BCUT2D eigenvalue weighted by molar-refractivity contribution is 0.145. The summed E-state index contributed by atoms with van der Waals surface area (Å²) in [5.41, 5.74) is 0.344. The normalized spacial score (nSPS) is 11.5. The zero-order valence-corrected chi connectivity index (χ0v) is 13.3. The molecule has 6 heteroatoms. The summed E-state index contributed by atoms with van der Waals surface area (Å²) in [5.74, 6) is -0.0699. The lowest BCUT2D eigenvalue weighted by Gasteiger charge is -2.08. The highest BCUT2D eigenvalue weighted by atomic mass is 32.2. The molecule has 0 atom stereocenters. The van der Waals surface area contributed by atoms with Gasteiger partial charge < -0.3 is 10.1 Å². The van der Waals surface area contributed by atoms with Gasteiger partial charge in [-0.25, -0.2) is 8.42 Å². The maximum Gasteiger partial charge on any atom is 0.180 e. The lowest BCUT2D eigenvalue weighted by atomic mass is 10.2. The number of nitrogens with one attached hydrogen (secondary N) is 1. The van der Waals surface area contributed by atoms with Crippen LogP contribution in [0.25, 0.3) is 0 Å². The fraction of sp³-hybridized carbons (Fsp3) is 0.533. The van der Waals surface area contributed by atoms with Gasteiger partial charge in [0, 0.05) is 12.6 Å². The Hall–Kier alpha value is -1.42. The number of nitrogens with zero attached hydrogens (tertiary/aromatic N) is 1. The molecule has 0 radical (unpaired) electrons. The summed E-state index contributed by atoms with van der Waals surface area (Å²) >= 11 is 0. The number of hydrogen-bond acceptors (Lipinski definition) is 5. The molecule has 0 fully saturated rings. The van der Waals surface area contributed by atoms with Crippen LogP contribution in [0.4, 0.5) is 0 Å². The van der Waals surface area contributed by atoms with Crippen molar-refractivity contribution in [1.82, 2.24) is 5.32 Å². The Kier molecular flexibility index (Phi) is 7.37. The van der Waals surface area contributed by atoms with Crippen LogP contribution in [0.2, 0.25) is 0 Å². The minimum Gasteiger partial charge on any atom is -0.380 e. The van der Waals surface area contributed by atoms with E-state index in [1.807, 2.05) is 6.07 Å². The average molecular weight is 310 g/mol. The van der Waals surface area contributed by atoms with Crippen LogP contribution < -0.4 is 5.32 Å². The molecule has 1 aromatic carbocycles. The molecule has 5 nitrogen and oxygen atoms in total. The molecule has 1 N–H and O–H groups in total. The van der Waals surface area contributed by atoms with E-state index in [4.69, 9.17) is 10.00 Å². The number of rotatable bonds is 9. The fourth-order valence-electron chi connectivity index (χ4n) is 1.71. The van der Waals surface area contributed by atoms with Crippen molar-refractivity contribution in [2.24, 2.45) is 0 Å². The van der Waals surface area contributed by atoms with Crippen LogP contribution in [-0.2, 0) is 14.6 Å². The summed E-state index contributed by atoms with van der Waals surface area (Å²) in [7, 11) is -3.39. The van der Waals surface area contributed by atoms with Gasteiger partial charge in [0.15, 0.2) is 9.84 Å². The van der Waals surface area contributed by atoms with E-state index in [1.165, 1.54) is 12.1 Å². The summed E-state index contributed by atoms with van der Waals surface area (Å²) in [5, 5.41) is 12.1. The van der Waals surface area contributed by atoms with Crippen molar-refractivity contribution in [2.75, 3.05) is 25.5 Å². The zero-order valence-electron chi connectivity index (χ0n) is 12.5. The Morgan fingerprint density at radius 1 is 1.33 bits per heavy atom. The molecule has 0 bridgehead atoms. The minimum atomic E-state index is -3.39. The van der Waals surface area contributed by atoms with Crippen LogP contribution in [-0.4, -0.2) is 40.0 Å². The van der Waals surface area contributed by atoms with Gasteiger partial charge in [-0.15, -0.1) is 0 Å². The molecule has 0 heterocycles. The molecular formula is C15H22N2O3S. The van der Waals surface area contributed by atoms with Gasteiger partial charge >= 0.3 is 0 Å². The first-order chi connectivity index (χ1) is 9.95. The van der Waals surface area contributed by atoms with E-state index in [2.05, 4.69) is 19.2 Å². The highest BCUT2D eigenvalue weighted by molar-refractivity contribution is 7.91. The third-order valence-electron chi connectivity index (χ3n) is 2.84. The number of sulfone groups is 1. The summed E-state index contributed by atoms with van der Waals surface area (Å²) in [6, 6.07) is 8.43. The van der Waals surface area contributed by atoms with Gasteiger partial charge in [-0.05, 0) is 31.2 Å². The standard InChI is InChI=1S/C15H22N2O3S/c1-13(2)17-7-4-8-20-9-10-21(18,19)15-6-3-5-14(11-15)12-16/h3,5-6,11,13,17H,4,7-10H2,1-2H3. The Labute approximate surface area is 126 Å². The maximum atomic E-state index is 12.1. The van der Waals surface area contributed by atoms with E-state index in [0.29, 0.717) is 18.2 Å². The quantitative estimate of drug-likeness (QED) is 0.703. The monoisotopic (exact) mass is 310 g/mol. The summed E-state index contributed by atoms with van der Waals surface area (Å²) < 4.78 is 29.5. The molecule has 0 spiro atoms. The van der Waals surface area contributed by atoms with Crippen LogP contribution in [0.3, 0.4) is 0 Å². The fourth-order valence-corrected chi connectivity index (χ4v) is 2.88. The van der Waals surface area contributed by atoms with Crippen LogP contribution in [0.1, 0.15) is 25.8 Å². The van der Waals surface area contributed by atoms with E-state index in [0.717, 1.165) is 13.0 Å². The second-order valence-electron chi connectivity index (χ2n) is 5.03. The van der Waals surface area contributed by atoms with Crippen LogP contribution in [0.5, 0.6) is 0 Å². The van der Waals surface area contributed by atoms with Gasteiger partial charge in [0.1, 0.15) is 0 Å². The predicted octanol–water partition coefficient (Wildman–Crippen LogP) is 1.74. The Morgan fingerprint density at radius 3 is 2.76 bits per heavy atom. The largest absolute Gasteiger partial charge is 0.380 e. The second kappa shape index (κ2) is 8.78. The van der Waals surface area contributed by atoms with E-state index < -0.39 is 9.84 Å². The van der Waals surface area contributed by atoms with Gasteiger partial charge in [0.05, 0.1) is 28.9 Å². The van der Waals surface area contributed by atoms with Crippen molar-refractivity contribution in [1.29, 1.82) is 5.26 Å². The molecule has 116 valence electrons. The molecule has 21 heavy (non-hydrogen) atoms. The lowest BCUT2D eigenvalue weighted by Crippen LogP contribution is -2.24. The number of ether oxygens (including phenoxy) is 1. The molecule has 0 saturated carbocycles. The van der Waals surface area contributed by atoms with Gasteiger partial charge in [-0.1, -0.05) is 19.9 Å². The van der Waals surface area contributed by atoms with Crippen molar-refractivity contribution >= 4 is 9.84 Å². The first kappa shape index (κ1) is 17.6. The maximum absolute atomic E-state index is 12.1. The number of benzene rings is 1. The van der Waals surface area contributed by atoms with Crippen molar-refractivity contribution in [2.45, 2.75) is 31.2 Å². The van der Waals surface area contributed by atoms with Gasteiger partial charge in [-0.3, -0.25) is 0 Å². The highest BCUT2D eigenvalue weighted by Crippen LogP contribution is 2.12. The first-order valence-electron chi connectivity index (χ1n) is 7.00. The van der Waals surface area contributed by atoms with Crippen molar-refractivity contribution in [3.05, 3.63) is 29.8 Å². The molecule has 1 aromatic rings. The Bertz CT molecular complexity index is 577. The highest BCUT2D eigenvalue weighted by Gasteiger charge is 2.14. The van der Waals surface area contributed by atoms with Gasteiger partial charge in [-0.2, -0.15) is 5.26 Å². The molecule has 1 rings (SSSR count). The molecule has 0 unspecified atom stereocenters. The van der Waals surface area contributed by atoms with Gasteiger partial charge in [0.25, 0.3) is 0 Å². The predicted molar refractivity (Wildman–Crippen MR) is 81.8 cm³/mol. The summed E-state index contributed by atoms with van der Waals surface area (Å²) in [6.45, 7) is 5.70. The average Bonchev–Trinajstić information content (AvgIpc) is 2.46. The summed E-state index contributed by atoms with van der Waals surface area (Å²) in [4.78, 5) is 0.173. The molecule has 0 aliphatic heterocycles. The smallest absolute Gasteiger partial charge is 0.180 e. The second-order valence-corrected chi connectivity index (χ2v) is 7.14. The van der Waals surface area contributed by atoms with Crippen molar-refractivity contribution in [3.8, 4) is 6.07 Å². The van der Waals surface area contributed by atoms with E-state index in [9.17, 15) is 8.42 Å². The van der Waals surface area contributed by atoms with Gasteiger partial charge in [0.2, 0.25) is 0 Å². The Balaban J connectivity index is 2.35. The third-order valence-corrected chi connectivity index (χ3v) is 4.51. The molecule has 0 aliphatic carbocycles. The Morgan fingerprint density at radius 2 is 2.10 bits per heavy atom.